The zero-order chi connectivity index (χ0) is 13.9. The van der Waals surface area contributed by atoms with Crippen molar-refractivity contribution in [3.8, 4) is 0 Å². The molecule has 2 bridgehead atoms. The van der Waals surface area contributed by atoms with Crippen LogP contribution >= 0.6 is 11.8 Å². The van der Waals surface area contributed by atoms with Crippen molar-refractivity contribution < 1.29 is 0 Å². The van der Waals surface area contributed by atoms with Crippen LogP contribution in [0.1, 0.15) is 31.2 Å². The Kier molecular flexibility index (Phi) is 4.69. The van der Waals surface area contributed by atoms with Gasteiger partial charge in [0.2, 0.25) is 0 Å². The summed E-state index contributed by atoms with van der Waals surface area (Å²) >= 11 is 1.81. The Morgan fingerprint density at radius 1 is 1.15 bits per heavy atom. The Hall–Kier alpha value is -0.510. The van der Waals surface area contributed by atoms with Crippen LogP contribution in [0.15, 0.2) is 29.2 Å². The standard InChI is InChI=1S/C17H26N2S/c1-19-15-5-6-16(19)10-14(9-15)12-18-11-13-3-7-17(20-2)8-4-13/h3-4,7-8,14-16,18H,5-6,9-12H2,1-2H3. The second-order valence-corrected chi connectivity index (χ2v) is 7.25. The van der Waals surface area contributed by atoms with E-state index >= 15 is 0 Å². The van der Waals surface area contributed by atoms with E-state index in [1.165, 1.54) is 42.7 Å². The molecule has 2 heterocycles. The highest BCUT2D eigenvalue weighted by molar-refractivity contribution is 7.98. The van der Waals surface area contributed by atoms with Gasteiger partial charge in [-0.3, -0.25) is 0 Å². The smallest absolute Gasteiger partial charge is 0.0205 e. The van der Waals surface area contributed by atoms with E-state index in [0.29, 0.717) is 0 Å². The molecular weight excluding hydrogens is 264 g/mol. The molecule has 3 rings (SSSR count). The Morgan fingerprint density at radius 3 is 2.40 bits per heavy atom. The highest BCUT2D eigenvalue weighted by atomic mass is 32.2. The number of hydrogen-bond acceptors (Lipinski definition) is 3. The Balaban J connectivity index is 1.44. The van der Waals surface area contributed by atoms with Gasteiger partial charge in [0.25, 0.3) is 0 Å². The molecule has 2 aliphatic heterocycles. The number of hydrogen-bond donors (Lipinski definition) is 1. The molecule has 0 aliphatic carbocycles. The van der Waals surface area contributed by atoms with Gasteiger partial charge >= 0.3 is 0 Å². The summed E-state index contributed by atoms with van der Waals surface area (Å²) in [5, 5.41) is 3.67. The molecule has 0 amide bonds. The summed E-state index contributed by atoms with van der Waals surface area (Å²) in [5.74, 6) is 0.883. The van der Waals surface area contributed by atoms with Crippen molar-refractivity contribution in [1.29, 1.82) is 0 Å². The Morgan fingerprint density at radius 2 is 1.80 bits per heavy atom. The maximum atomic E-state index is 3.67. The molecule has 2 nitrogen and oxygen atoms in total. The predicted octanol–water partition coefficient (Wildman–Crippen LogP) is 3.37. The molecule has 0 spiro atoms. The first kappa shape index (κ1) is 14.4. The topological polar surface area (TPSA) is 15.3 Å². The molecular formula is C17H26N2S. The lowest BCUT2D eigenvalue weighted by Crippen LogP contribution is -2.42. The number of thioether (sulfide) groups is 1. The summed E-state index contributed by atoms with van der Waals surface area (Å²) in [4.78, 5) is 3.97. The number of fused-ring (bicyclic) bond motifs is 2. The highest BCUT2D eigenvalue weighted by Gasteiger charge is 2.37. The van der Waals surface area contributed by atoms with Crippen LogP contribution in [0, 0.1) is 5.92 Å². The molecule has 0 radical (unpaired) electrons. The fraction of sp³-hybridized carbons (Fsp3) is 0.647. The first-order valence-corrected chi connectivity index (χ1v) is 9.04. The molecule has 0 saturated carbocycles. The number of rotatable bonds is 5. The van der Waals surface area contributed by atoms with Crippen molar-refractivity contribution in [3.63, 3.8) is 0 Å². The van der Waals surface area contributed by atoms with Crippen molar-refractivity contribution in [3.05, 3.63) is 29.8 Å². The second-order valence-electron chi connectivity index (χ2n) is 6.37. The monoisotopic (exact) mass is 290 g/mol. The molecule has 3 heteroatoms. The molecule has 1 N–H and O–H groups in total. The SMILES string of the molecule is CSc1ccc(CNCC2CC3CCC(C2)N3C)cc1. The van der Waals surface area contributed by atoms with Gasteiger partial charge in [0.05, 0.1) is 0 Å². The average molecular weight is 290 g/mol. The van der Waals surface area contributed by atoms with Gasteiger partial charge in [0.15, 0.2) is 0 Å². The van der Waals surface area contributed by atoms with Crippen LogP contribution in [0.5, 0.6) is 0 Å². The van der Waals surface area contributed by atoms with E-state index in [1.807, 2.05) is 0 Å². The number of nitrogens with one attached hydrogen (secondary N) is 1. The molecule has 1 aromatic carbocycles. The third kappa shape index (κ3) is 3.21. The number of nitrogens with zero attached hydrogens (tertiary/aromatic N) is 1. The normalized spacial score (nSPS) is 29.8. The molecule has 2 atom stereocenters. The number of piperidine rings is 1. The van der Waals surface area contributed by atoms with Gasteiger partial charge in [-0.05, 0) is 69.1 Å². The largest absolute Gasteiger partial charge is 0.312 e. The first-order chi connectivity index (χ1) is 9.76. The maximum Gasteiger partial charge on any atom is 0.0205 e. The first-order valence-electron chi connectivity index (χ1n) is 7.82. The molecule has 2 unspecified atom stereocenters. The van der Waals surface area contributed by atoms with E-state index in [0.717, 1.165) is 24.5 Å². The number of benzene rings is 1. The molecule has 2 saturated heterocycles. The summed E-state index contributed by atoms with van der Waals surface area (Å²) < 4.78 is 0. The van der Waals surface area contributed by atoms with E-state index < -0.39 is 0 Å². The minimum Gasteiger partial charge on any atom is -0.312 e. The lowest BCUT2D eigenvalue weighted by atomic mass is 9.91. The van der Waals surface area contributed by atoms with E-state index in [-0.39, 0.29) is 0 Å². The lowest BCUT2D eigenvalue weighted by Gasteiger charge is -2.36. The third-order valence-electron chi connectivity index (χ3n) is 5.12. The minimum absolute atomic E-state index is 0.862. The van der Waals surface area contributed by atoms with Gasteiger partial charge in [0.1, 0.15) is 0 Å². The summed E-state index contributed by atoms with van der Waals surface area (Å²) in [6, 6.07) is 10.7. The van der Waals surface area contributed by atoms with Gasteiger partial charge in [-0.25, -0.2) is 0 Å². The summed E-state index contributed by atoms with van der Waals surface area (Å²) in [7, 11) is 2.32. The molecule has 20 heavy (non-hydrogen) atoms. The van der Waals surface area contributed by atoms with Crippen molar-refractivity contribution in [1.82, 2.24) is 10.2 Å². The van der Waals surface area contributed by atoms with Crippen molar-refractivity contribution in [2.45, 2.75) is 49.2 Å². The van der Waals surface area contributed by atoms with Crippen LogP contribution in [-0.2, 0) is 6.54 Å². The summed E-state index contributed by atoms with van der Waals surface area (Å²) in [6.07, 6.45) is 7.76. The van der Waals surface area contributed by atoms with Crippen LogP contribution in [0.25, 0.3) is 0 Å². The van der Waals surface area contributed by atoms with Crippen molar-refractivity contribution >= 4 is 11.8 Å². The van der Waals surface area contributed by atoms with Gasteiger partial charge in [-0.1, -0.05) is 12.1 Å². The van der Waals surface area contributed by atoms with Crippen LogP contribution in [0.4, 0.5) is 0 Å². The van der Waals surface area contributed by atoms with E-state index in [1.54, 1.807) is 11.8 Å². The zero-order valence-corrected chi connectivity index (χ0v) is 13.5. The van der Waals surface area contributed by atoms with Gasteiger partial charge in [-0.15, -0.1) is 11.8 Å². The summed E-state index contributed by atoms with van der Waals surface area (Å²) in [6.45, 7) is 2.20. The van der Waals surface area contributed by atoms with E-state index in [2.05, 4.69) is 47.8 Å². The van der Waals surface area contributed by atoms with Crippen LogP contribution in [0.2, 0.25) is 0 Å². The fourth-order valence-electron chi connectivity index (χ4n) is 3.85. The Bertz CT molecular complexity index is 417. The van der Waals surface area contributed by atoms with Gasteiger partial charge < -0.3 is 10.2 Å². The quantitative estimate of drug-likeness (QED) is 0.837. The average Bonchev–Trinajstić information content (AvgIpc) is 2.70. The minimum atomic E-state index is 0.862. The predicted molar refractivity (Wildman–Crippen MR) is 87.2 cm³/mol. The van der Waals surface area contributed by atoms with E-state index in [9.17, 15) is 0 Å². The molecule has 1 aromatic rings. The lowest BCUT2D eigenvalue weighted by molar-refractivity contribution is 0.133. The van der Waals surface area contributed by atoms with Crippen LogP contribution < -0.4 is 5.32 Å². The fourth-order valence-corrected chi connectivity index (χ4v) is 4.26. The van der Waals surface area contributed by atoms with Crippen LogP contribution in [0.3, 0.4) is 0 Å². The zero-order valence-electron chi connectivity index (χ0n) is 12.6. The van der Waals surface area contributed by atoms with Crippen LogP contribution in [-0.4, -0.2) is 36.8 Å². The molecule has 2 aliphatic rings. The maximum absolute atomic E-state index is 3.67. The van der Waals surface area contributed by atoms with Gasteiger partial charge in [-0.2, -0.15) is 0 Å². The molecule has 2 fully saturated rings. The van der Waals surface area contributed by atoms with Crippen molar-refractivity contribution in [2.75, 3.05) is 19.8 Å². The van der Waals surface area contributed by atoms with Gasteiger partial charge in [0, 0.05) is 23.5 Å². The van der Waals surface area contributed by atoms with Crippen molar-refractivity contribution in [2.24, 2.45) is 5.92 Å². The molecule has 0 aromatic heterocycles. The Labute approximate surface area is 127 Å². The third-order valence-corrected chi connectivity index (χ3v) is 5.86. The van der Waals surface area contributed by atoms with E-state index in [4.69, 9.17) is 0 Å². The molecule has 110 valence electrons. The second kappa shape index (κ2) is 6.50. The highest BCUT2D eigenvalue weighted by Crippen LogP contribution is 2.37. The summed E-state index contributed by atoms with van der Waals surface area (Å²) in [5.41, 5.74) is 1.40.